The summed E-state index contributed by atoms with van der Waals surface area (Å²) >= 11 is 0. The van der Waals surface area contributed by atoms with Crippen LogP contribution >= 0.6 is 0 Å². The summed E-state index contributed by atoms with van der Waals surface area (Å²) in [5.41, 5.74) is 6.69. The van der Waals surface area contributed by atoms with Gasteiger partial charge in [0.25, 0.3) is 5.91 Å². The first-order valence-electron chi connectivity index (χ1n) is 5.89. The number of carbonyl (C=O) groups excluding carboxylic acids is 2. The smallest absolute Gasteiger partial charge is 0.252 e. The molecule has 1 unspecified atom stereocenters. The van der Waals surface area contributed by atoms with Crippen LogP contribution in [0.3, 0.4) is 0 Å². The molecule has 1 aromatic rings. The first-order valence-corrected chi connectivity index (χ1v) is 5.89. The van der Waals surface area contributed by atoms with Gasteiger partial charge in [-0.3, -0.25) is 9.59 Å². The molecule has 0 spiro atoms. The Morgan fingerprint density at radius 3 is 3.00 bits per heavy atom. The fraction of sp³-hybridized carbons (Fsp3) is 0.417. The van der Waals surface area contributed by atoms with Crippen molar-refractivity contribution in [1.29, 1.82) is 0 Å². The molecule has 2 heterocycles. The van der Waals surface area contributed by atoms with Crippen LogP contribution in [-0.4, -0.2) is 29.4 Å². The van der Waals surface area contributed by atoms with E-state index >= 15 is 0 Å². The van der Waals surface area contributed by atoms with Gasteiger partial charge in [0.1, 0.15) is 11.9 Å². The van der Waals surface area contributed by atoms with E-state index in [2.05, 4.69) is 15.6 Å². The second-order valence-electron chi connectivity index (χ2n) is 4.38. The zero-order valence-corrected chi connectivity index (χ0v) is 10.2. The molecule has 0 aromatic carbocycles. The first-order chi connectivity index (χ1) is 8.56. The largest absolute Gasteiger partial charge is 0.384 e. The average molecular weight is 248 g/mol. The quantitative estimate of drug-likeness (QED) is 0.685. The molecule has 4 N–H and O–H groups in total. The molecular formula is C12H16N4O2. The lowest BCUT2D eigenvalue weighted by atomic mass is 10.1. The minimum Gasteiger partial charge on any atom is -0.384 e. The van der Waals surface area contributed by atoms with Crippen molar-refractivity contribution in [3.8, 4) is 0 Å². The van der Waals surface area contributed by atoms with Crippen LogP contribution in [0.5, 0.6) is 0 Å². The molecule has 6 nitrogen and oxygen atoms in total. The van der Waals surface area contributed by atoms with Crippen LogP contribution in [0.4, 0.5) is 5.82 Å². The van der Waals surface area contributed by atoms with Crippen LogP contribution in [0.25, 0.3) is 0 Å². The van der Waals surface area contributed by atoms with Crippen molar-refractivity contribution in [2.24, 2.45) is 0 Å². The van der Waals surface area contributed by atoms with Crippen LogP contribution in [0.1, 0.15) is 28.9 Å². The molecule has 18 heavy (non-hydrogen) atoms. The number of nitrogens with zero attached hydrogens (tertiary/aromatic N) is 1. The van der Waals surface area contributed by atoms with E-state index < -0.39 is 6.04 Å². The Balaban J connectivity index is 2.09. The summed E-state index contributed by atoms with van der Waals surface area (Å²) in [5.74, 6) is -0.129. The Morgan fingerprint density at radius 2 is 2.33 bits per heavy atom. The summed E-state index contributed by atoms with van der Waals surface area (Å²) < 4.78 is 0. The molecule has 2 rings (SSSR count). The molecule has 0 radical (unpaired) electrons. The first kappa shape index (κ1) is 12.3. The van der Waals surface area contributed by atoms with Gasteiger partial charge in [0.05, 0.1) is 0 Å². The standard InChI is InChI=1S/C12H16N4O2/c1-7-5-8(6-10(13)15-7)11(17)16-9-3-2-4-14-12(9)18/h5-6,9H,2-4H2,1H3,(H2,13,15)(H,14,18)(H,16,17). The highest BCUT2D eigenvalue weighted by atomic mass is 16.2. The monoisotopic (exact) mass is 248 g/mol. The number of piperidine rings is 1. The van der Waals surface area contributed by atoms with Crippen molar-refractivity contribution < 1.29 is 9.59 Å². The van der Waals surface area contributed by atoms with Gasteiger partial charge in [-0.25, -0.2) is 4.98 Å². The number of aromatic nitrogens is 1. The van der Waals surface area contributed by atoms with Gasteiger partial charge in [-0.2, -0.15) is 0 Å². The second-order valence-corrected chi connectivity index (χ2v) is 4.38. The highest BCUT2D eigenvalue weighted by molar-refractivity contribution is 5.98. The van der Waals surface area contributed by atoms with E-state index in [4.69, 9.17) is 5.73 Å². The van der Waals surface area contributed by atoms with Gasteiger partial charge in [0.2, 0.25) is 5.91 Å². The van der Waals surface area contributed by atoms with Crippen LogP contribution in [0.2, 0.25) is 0 Å². The second kappa shape index (κ2) is 5.03. The lowest BCUT2D eigenvalue weighted by Gasteiger charge is -2.22. The summed E-state index contributed by atoms with van der Waals surface area (Å²) in [6.07, 6.45) is 1.53. The number of nitrogens with one attached hydrogen (secondary N) is 2. The van der Waals surface area contributed by atoms with Crippen molar-refractivity contribution in [3.05, 3.63) is 23.4 Å². The highest BCUT2D eigenvalue weighted by Gasteiger charge is 2.24. The summed E-state index contributed by atoms with van der Waals surface area (Å²) in [6.45, 7) is 2.44. The molecule has 1 aromatic heterocycles. The lowest BCUT2D eigenvalue weighted by Crippen LogP contribution is -2.50. The van der Waals surface area contributed by atoms with Crippen LogP contribution in [0.15, 0.2) is 12.1 Å². The van der Waals surface area contributed by atoms with E-state index in [9.17, 15) is 9.59 Å². The van der Waals surface area contributed by atoms with Crippen LogP contribution in [-0.2, 0) is 4.79 Å². The molecule has 1 atom stereocenters. The van der Waals surface area contributed by atoms with E-state index in [0.29, 0.717) is 30.0 Å². The topological polar surface area (TPSA) is 97.1 Å². The minimum absolute atomic E-state index is 0.131. The number of aryl methyl sites for hydroxylation is 1. The Hall–Kier alpha value is -2.11. The Kier molecular flexibility index (Phi) is 3.45. The van der Waals surface area contributed by atoms with Gasteiger partial charge in [0.15, 0.2) is 0 Å². The molecule has 1 aliphatic rings. The molecule has 1 aliphatic heterocycles. The van der Waals surface area contributed by atoms with Crippen molar-refractivity contribution in [3.63, 3.8) is 0 Å². The molecule has 6 heteroatoms. The van der Waals surface area contributed by atoms with Gasteiger partial charge in [0, 0.05) is 17.8 Å². The van der Waals surface area contributed by atoms with Crippen molar-refractivity contribution in [2.45, 2.75) is 25.8 Å². The van der Waals surface area contributed by atoms with Crippen molar-refractivity contribution in [1.82, 2.24) is 15.6 Å². The highest BCUT2D eigenvalue weighted by Crippen LogP contribution is 2.09. The van der Waals surface area contributed by atoms with Gasteiger partial charge >= 0.3 is 0 Å². The normalized spacial score (nSPS) is 19.2. The molecular weight excluding hydrogens is 232 g/mol. The molecule has 0 bridgehead atoms. The lowest BCUT2D eigenvalue weighted by molar-refractivity contribution is -0.124. The fourth-order valence-electron chi connectivity index (χ4n) is 1.98. The predicted molar refractivity (Wildman–Crippen MR) is 66.9 cm³/mol. The molecule has 1 saturated heterocycles. The Morgan fingerprint density at radius 1 is 1.56 bits per heavy atom. The van der Waals surface area contributed by atoms with E-state index in [-0.39, 0.29) is 11.8 Å². The predicted octanol–water partition coefficient (Wildman–Crippen LogP) is -0.0194. The Bertz CT molecular complexity index is 467. The van der Waals surface area contributed by atoms with E-state index in [1.165, 1.54) is 6.07 Å². The number of nitrogens with two attached hydrogens (primary N) is 1. The van der Waals surface area contributed by atoms with Gasteiger partial charge in [-0.1, -0.05) is 0 Å². The summed E-state index contributed by atoms with van der Waals surface area (Å²) in [4.78, 5) is 27.5. The SMILES string of the molecule is Cc1cc(C(=O)NC2CCCNC2=O)cc(N)n1. The molecule has 2 amide bonds. The number of hydrogen-bond donors (Lipinski definition) is 3. The summed E-state index contributed by atoms with van der Waals surface area (Å²) in [7, 11) is 0. The van der Waals surface area contributed by atoms with E-state index in [1.54, 1.807) is 13.0 Å². The van der Waals surface area contributed by atoms with Gasteiger partial charge < -0.3 is 16.4 Å². The van der Waals surface area contributed by atoms with E-state index in [0.717, 1.165) is 6.42 Å². The average Bonchev–Trinajstić information content (AvgIpc) is 2.31. The van der Waals surface area contributed by atoms with Gasteiger partial charge in [-0.05, 0) is 31.9 Å². The minimum atomic E-state index is -0.457. The summed E-state index contributed by atoms with van der Waals surface area (Å²) in [6, 6.07) is 2.69. The number of carbonyl (C=O) groups is 2. The molecule has 96 valence electrons. The zero-order valence-electron chi connectivity index (χ0n) is 10.2. The third-order valence-corrected chi connectivity index (χ3v) is 2.83. The maximum absolute atomic E-state index is 12.0. The maximum Gasteiger partial charge on any atom is 0.252 e. The Labute approximate surface area is 105 Å². The van der Waals surface area contributed by atoms with Crippen LogP contribution in [0, 0.1) is 6.92 Å². The van der Waals surface area contributed by atoms with Gasteiger partial charge in [-0.15, -0.1) is 0 Å². The molecule has 0 aliphatic carbocycles. The zero-order chi connectivity index (χ0) is 13.1. The number of amides is 2. The maximum atomic E-state index is 12.0. The third-order valence-electron chi connectivity index (χ3n) is 2.83. The van der Waals surface area contributed by atoms with Crippen LogP contribution < -0.4 is 16.4 Å². The number of anilines is 1. The van der Waals surface area contributed by atoms with Crippen molar-refractivity contribution >= 4 is 17.6 Å². The number of rotatable bonds is 2. The summed E-state index contributed by atoms with van der Waals surface area (Å²) in [5, 5.41) is 5.43. The van der Waals surface area contributed by atoms with E-state index in [1.807, 2.05) is 0 Å². The van der Waals surface area contributed by atoms with Crippen molar-refractivity contribution in [2.75, 3.05) is 12.3 Å². The fourth-order valence-corrected chi connectivity index (χ4v) is 1.98. The third kappa shape index (κ3) is 2.77. The number of nitrogen functional groups attached to an aromatic ring is 1. The molecule has 1 fully saturated rings. The number of pyridine rings is 1. The number of hydrogen-bond acceptors (Lipinski definition) is 4. The molecule has 0 saturated carbocycles.